The fraction of sp³-hybridized carbons (Fsp3) is 0.769. The van der Waals surface area contributed by atoms with Gasteiger partial charge in [0.05, 0.1) is 18.7 Å². The molecule has 2 aliphatic rings. The van der Waals surface area contributed by atoms with Crippen molar-refractivity contribution in [2.75, 3.05) is 13.6 Å². The van der Waals surface area contributed by atoms with Crippen molar-refractivity contribution < 1.29 is 19.5 Å². The second-order valence-electron chi connectivity index (χ2n) is 5.87. The standard InChI is InChI=1S/C13H21N3O4/c1-6-9(14)11(19)15(4)13(6)5-16(12(13)20)10(7(2)17)8(3)18/h6-7,9-10,17H,5,14H2,1-4H3/t6?,7-,9?,10+,13?/m1/s1. The van der Waals surface area contributed by atoms with Crippen LogP contribution >= 0.6 is 0 Å². The number of β-lactam (4-membered cyclic amide) rings is 1. The van der Waals surface area contributed by atoms with Gasteiger partial charge in [-0.3, -0.25) is 14.4 Å². The Hall–Kier alpha value is -1.47. The molecule has 0 saturated carbocycles. The van der Waals surface area contributed by atoms with Crippen LogP contribution in [0, 0.1) is 5.92 Å². The smallest absolute Gasteiger partial charge is 0.251 e. The van der Waals surface area contributed by atoms with Gasteiger partial charge >= 0.3 is 0 Å². The molecule has 0 radical (unpaired) electrons. The van der Waals surface area contributed by atoms with Gasteiger partial charge in [-0.2, -0.15) is 0 Å². The summed E-state index contributed by atoms with van der Waals surface area (Å²) in [6.07, 6.45) is -0.944. The van der Waals surface area contributed by atoms with Gasteiger partial charge in [-0.05, 0) is 13.8 Å². The lowest BCUT2D eigenvalue weighted by Crippen LogP contribution is -2.77. The Bertz CT molecular complexity index is 478. The second kappa shape index (κ2) is 4.53. The summed E-state index contributed by atoms with van der Waals surface area (Å²) < 4.78 is 0. The maximum absolute atomic E-state index is 12.6. The quantitative estimate of drug-likeness (QED) is 0.603. The van der Waals surface area contributed by atoms with Gasteiger partial charge in [-0.1, -0.05) is 6.92 Å². The van der Waals surface area contributed by atoms with E-state index in [0.29, 0.717) is 0 Å². The zero-order valence-electron chi connectivity index (χ0n) is 12.2. The average molecular weight is 283 g/mol. The largest absolute Gasteiger partial charge is 0.391 e. The number of rotatable bonds is 3. The molecule has 1 spiro atoms. The molecule has 5 atom stereocenters. The maximum Gasteiger partial charge on any atom is 0.251 e. The monoisotopic (exact) mass is 283 g/mol. The van der Waals surface area contributed by atoms with Crippen LogP contribution in [0.2, 0.25) is 0 Å². The molecule has 3 N–H and O–H groups in total. The van der Waals surface area contributed by atoms with Crippen molar-refractivity contribution in [1.82, 2.24) is 9.80 Å². The molecule has 0 aromatic heterocycles. The van der Waals surface area contributed by atoms with Gasteiger partial charge in [-0.25, -0.2) is 0 Å². The minimum Gasteiger partial charge on any atom is -0.391 e. The Morgan fingerprint density at radius 1 is 1.50 bits per heavy atom. The summed E-state index contributed by atoms with van der Waals surface area (Å²) in [4.78, 5) is 38.8. The Morgan fingerprint density at radius 2 is 2.05 bits per heavy atom. The van der Waals surface area contributed by atoms with Crippen molar-refractivity contribution >= 4 is 17.6 Å². The molecule has 2 rings (SSSR count). The molecule has 0 aliphatic carbocycles. The SMILES string of the molecule is CC(=O)[C@H]([C@@H](C)O)N1CC2(C1=O)C(C)C(N)C(=O)N2C. The van der Waals surface area contributed by atoms with Crippen LogP contribution in [-0.4, -0.2) is 69.8 Å². The summed E-state index contributed by atoms with van der Waals surface area (Å²) in [6.45, 7) is 4.82. The Balaban J connectivity index is 2.28. The number of carbonyl (C=O) groups excluding carboxylic acids is 3. The number of hydrogen-bond acceptors (Lipinski definition) is 5. The molecule has 2 saturated heterocycles. The van der Waals surface area contributed by atoms with Gasteiger partial charge < -0.3 is 20.6 Å². The van der Waals surface area contributed by atoms with Crippen molar-refractivity contribution in [2.45, 2.75) is 44.5 Å². The summed E-state index contributed by atoms with van der Waals surface area (Å²) in [5.41, 5.74) is 4.86. The van der Waals surface area contributed by atoms with Gasteiger partial charge in [-0.15, -0.1) is 0 Å². The van der Waals surface area contributed by atoms with Gasteiger partial charge in [0.15, 0.2) is 5.78 Å². The van der Waals surface area contributed by atoms with Crippen LogP contribution in [0.15, 0.2) is 0 Å². The molecule has 2 amide bonds. The van der Waals surface area contributed by atoms with Gasteiger partial charge in [0.2, 0.25) is 5.91 Å². The molecule has 2 heterocycles. The van der Waals surface area contributed by atoms with E-state index in [4.69, 9.17) is 5.73 Å². The van der Waals surface area contributed by atoms with E-state index in [-0.39, 0.29) is 30.1 Å². The number of hydrogen-bond donors (Lipinski definition) is 2. The maximum atomic E-state index is 12.6. The minimum atomic E-state index is -0.959. The van der Waals surface area contributed by atoms with E-state index in [1.54, 1.807) is 14.0 Å². The van der Waals surface area contributed by atoms with E-state index < -0.39 is 23.7 Å². The third-order valence-electron chi connectivity index (χ3n) is 4.76. The third-order valence-corrected chi connectivity index (χ3v) is 4.76. The first kappa shape index (κ1) is 14.9. The summed E-state index contributed by atoms with van der Waals surface area (Å²) in [7, 11) is 1.56. The third kappa shape index (κ3) is 1.63. The summed E-state index contributed by atoms with van der Waals surface area (Å²) in [5.74, 6) is -1.16. The summed E-state index contributed by atoms with van der Waals surface area (Å²) in [6, 6.07) is -1.56. The van der Waals surface area contributed by atoms with Crippen LogP contribution in [0.4, 0.5) is 0 Å². The predicted octanol–water partition coefficient (Wildman–Crippen LogP) is -1.66. The summed E-state index contributed by atoms with van der Waals surface area (Å²) in [5, 5.41) is 9.68. The van der Waals surface area contributed by atoms with Crippen LogP contribution in [0.25, 0.3) is 0 Å². The number of Topliss-reactive ketones (excluding diaryl/α,β-unsaturated/α-hetero) is 1. The van der Waals surface area contributed by atoms with E-state index in [0.717, 1.165) is 0 Å². The van der Waals surface area contributed by atoms with Crippen LogP contribution in [0.1, 0.15) is 20.8 Å². The topological polar surface area (TPSA) is 104 Å². The number of carbonyl (C=O) groups is 3. The molecule has 7 nitrogen and oxygen atoms in total. The first-order valence-corrected chi connectivity index (χ1v) is 6.69. The van der Waals surface area contributed by atoms with Crippen LogP contribution in [-0.2, 0) is 14.4 Å². The zero-order valence-corrected chi connectivity index (χ0v) is 12.2. The molecule has 112 valence electrons. The number of ketones is 1. The lowest BCUT2D eigenvalue weighted by atomic mass is 9.75. The van der Waals surface area contributed by atoms with E-state index in [9.17, 15) is 19.5 Å². The number of aliphatic hydroxyl groups excluding tert-OH is 1. The van der Waals surface area contributed by atoms with Crippen molar-refractivity contribution in [1.29, 1.82) is 0 Å². The molecular weight excluding hydrogens is 262 g/mol. The van der Waals surface area contributed by atoms with Crippen molar-refractivity contribution in [3.8, 4) is 0 Å². The highest BCUT2D eigenvalue weighted by Gasteiger charge is 2.67. The van der Waals surface area contributed by atoms with Gasteiger partial charge in [0.25, 0.3) is 5.91 Å². The Labute approximate surface area is 117 Å². The van der Waals surface area contributed by atoms with Gasteiger partial charge in [0, 0.05) is 13.0 Å². The number of nitrogens with two attached hydrogens (primary N) is 1. The molecule has 0 aromatic rings. The number of likely N-dealkylation sites (N-methyl/N-ethyl adjacent to an activating group) is 1. The van der Waals surface area contributed by atoms with Crippen molar-refractivity contribution in [3.05, 3.63) is 0 Å². The lowest BCUT2D eigenvalue weighted by Gasteiger charge is -2.54. The first-order chi connectivity index (χ1) is 9.16. The van der Waals surface area contributed by atoms with Crippen molar-refractivity contribution in [3.63, 3.8) is 0 Å². The number of nitrogens with zero attached hydrogens (tertiary/aromatic N) is 2. The minimum absolute atomic E-state index is 0.234. The fourth-order valence-corrected chi connectivity index (χ4v) is 3.43. The van der Waals surface area contributed by atoms with Crippen LogP contribution in [0.3, 0.4) is 0 Å². The number of amides is 2. The normalized spacial score (nSPS) is 36.3. The van der Waals surface area contributed by atoms with Crippen molar-refractivity contribution in [2.24, 2.45) is 11.7 Å². The van der Waals surface area contributed by atoms with Crippen LogP contribution < -0.4 is 5.73 Å². The average Bonchev–Trinajstić information content (AvgIpc) is 2.53. The van der Waals surface area contributed by atoms with Crippen LogP contribution in [0.5, 0.6) is 0 Å². The lowest BCUT2D eigenvalue weighted by molar-refractivity contribution is -0.176. The predicted molar refractivity (Wildman–Crippen MR) is 70.5 cm³/mol. The molecule has 20 heavy (non-hydrogen) atoms. The molecule has 2 fully saturated rings. The highest BCUT2D eigenvalue weighted by molar-refractivity contribution is 6.03. The zero-order chi connectivity index (χ0) is 15.4. The molecular formula is C13H21N3O4. The Kier molecular flexibility index (Phi) is 3.38. The van der Waals surface area contributed by atoms with E-state index >= 15 is 0 Å². The fourth-order valence-electron chi connectivity index (χ4n) is 3.43. The number of likely N-dealkylation sites (tertiary alicyclic amines) is 2. The molecule has 2 aliphatic heterocycles. The molecule has 0 bridgehead atoms. The molecule has 7 heteroatoms. The highest BCUT2D eigenvalue weighted by atomic mass is 16.3. The number of aliphatic hydroxyl groups is 1. The van der Waals surface area contributed by atoms with E-state index in [2.05, 4.69) is 0 Å². The Morgan fingerprint density at radius 3 is 2.35 bits per heavy atom. The highest BCUT2D eigenvalue weighted by Crippen LogP contribution is 2.43. The summed E-state index contributed by atoms with van der Waals surface area (Å²) >= 11 is 0. The second-order valence-corrected chi connectivity index (χ2v) is 5.87. The van der Waals surface area contributed by atoms with E-state index in [1.165, 1.54) is 23.6 Å². The van der Waals surface area contributed by atoms with Gasteiger partial charge in [0.1, 0.15) is 11.6 Å². The van der Waals surface area contributed by atoms with E-state index in [1.807, 2.05) is 0 Å². The first-order valence-electron chi connectivity index (χ1n) is 6.69. The molecule has 3 unspecified atom stereocenters. The molecule has 0 aromatic carbocycles.